The lowest BCUT2D eigenvalue weighted by Gasteiger charge is -2.28. The molecule has 0 unspecified atom stereocenters. The summed E-state index contributed by atoms with van der Waals surface area (Å²) in [5.74, 6) is -0.885. The van der Waals surface area contributed by atoms with Crippen molar-refractivity contribution in [2.45, 2.75) is 38.3 Å². The van der Waals surface area contributed by atoms with E-state index in [9.17, 15) is 9.59 Å². The van der Waals surface area contributed by atoms with Crippen LogP contribution in [0.25, 0.3) is 0 Å². The van der Waals surface area contributed by atoms with Crippen LogP contribution in [0.2, 0.25) is 0 Å². The average molecular weight is 310 g/mol. The summed E-state index contributed by atoms with van der Waals surface area (Å²) in [7, 11) is 1.77. The quantitative estimate of drug-likeness (QED) is 0.837. The van der Waals surface area contributed by atoms with Crippen LogP contribution in [0.5, 0.6) is 0 Å². The van der Waals surface area contributed by atoms with Gasteiger partial charge >= 0.3 is 5.97 Å². The molecule has 0 radical (unpaired) electrons. The lowest BCUT2D eigenvalue weighted by Crippen LogP contribution is -2.44. The molecule has 0 saturated heterocycles. The van der Waals surface area contributed by atoms with E-state index in [0.29, 0.717) is 6.54 Å². The van der Waals surface area contributed by atoms with Crippen LogP contribution < -0.4 is 0 Å². The highest BCUT2D eigenvalue weighted by molar-refractivity contribution is 7.07. The Morgan fingerprint density at radius 3 is 2.62 bits per heavy atom. The minimum atomic E-state index is -0.866. The first-order chi connectivity index (χ1) is 10.1. The number of carbonyl (C=O) groups is 2. The van der Waals surface area contributed by atoms with Gasteiger partial charge in [-0.3, -0.25) is 14.5 Å². The number of likely N-dealkylation sites (N-methyl/N-ethyl adjacent to an activating group) is 1. The fourth-order valence-corrected chi connectivity index (χ4v) is 3.46. The second kappa shape index (κ2) is 7.56. The Morgan fingerprint density at radius 1 is 1.33 bits per heavy atom. The van der Waals surface area contributed by atoms with Crippen LogP contribution >= 0.6 is 11.3 Å². The standard InChI is InChI=1S/C15H22N2O3S/c1-16(8-12-6-7-21-11-12)14(18)9-17(10-15(19)20)13-4-2-3-5-13/h6-7,11,13H,2-5,8-10H2,1H3,(H,19,20). The summed E-state index contributed by atoms with van der Waals surface area (Å²) in [6, 6.07) is 2.24. The molecule has 0 aliphatic heterocycles. The first kappa shape index (κ1) is 16.0. The molecule has 1 amide bonds. The van der Waals surface area contributed by atoms with Gasteiger partial charge in [0.1, 0.15) is 0 Å². The van der Waals surface area contributed by atoms with Crippen LogP contribution in [0.15, 0.2) is 16.8 Å². The van der Waals surface area contributed by atoms with E-state index in [-0.39, 0.29) is 25.0 Å². The van der Waals surface area contributed by atoms with Gasteiger partial charge in [-0.15, -0.1) is 0 Å². The molecule has 1 aromatic heterocycles. The SMILES string of the molecule is CN(Cc1ccsc1)C(=O)CN(CC(=O)O)C1CCCC1. The highest BCUT2D eigenvalue weighted by Gasteiger charge is 2.26. The zero-order valence-corrected chi connectivity index (χ0v) is 13.1. The third-order valence-corrected chi connectivity index (χ3v) is 4.68. The van der Waals surface area contributed by atoms with Crippen molar-refractivity contribution >= 4 is 23.2 Å². The Labute approximate surface area is 129 Å². The first-order valence-corrected chi connectivity index (χ1v) is 8.21. The summed E-state index contributed by atoms with van der Waals surface area (Å²) in [5.41, 5.74) is 1.11. The van der Waals surface area contributed by atoms with Crippen LogP contribution in [-0.2, 0) is 16.1 Å². The molecule has 0 aromatic carbocycles. The summed E-state index contributed by atoms with van der Waals surface area (Å²) in [6.45, 7) is 0.716. The number of nitrogens with zero attached hydrogens (tertiary/aromatic N) is 2. The Kier molecular flexibility index (Phi) is 5.76. The van der Waals surface area contributed by atoms with Gasteiger partial charge in [-0.1, -0.05) is 12.8 Å². The second-order valence-electron chi connectivity index (χ2n) is 5.62. The van der Waals surface area contributed by atoms with Crippen LogP contribution in [0, 0.1) is 0 Å². The lowest BCUT2D eigenvalue weighted by atomic mass is 10.2. The van der Waals surface area contributed by atoms with Gasteiger partial charge in [-0.05, 0) is 35.2 Å². The van der Waals surface area contributed by atoms with Crippen LogP contribution in [0.3, 0.4) is 0 Å². The van der Waals surface area contributed by atoms with Gasteiger partial charge in [0.25, 0.3) is 0 Å². The van der Waals surface area contributed by atoms with Crippen molar-refractivity contribution < 1.29 is 14.7 Å². The molecular formula is C15H22N2O3S. The Bertz CT molecular complexity index is 469. The van der Waals surface area contributed by atoms with Crippen molar-refractivity contribution in [2.24, 2.45) is 0 Å². The van der Waals surface area contributed by atoms with E-state index >= 15 is 0 Å². The van der Waals surface area contributed by atoms with Gasteiger partial charge in [0, 0.05) is 19.6 Å². The third kappa shape index (κ3) is 4.82. The average Bonchev–Trinajstić information content (AvgIpc) is 3.10. The molecule has 5 nitrogen and oxygen atoms in total. The van der Waals surface area contributed by atoms with E-state index in [1.54, 1.807) is 23.3 Å². The normalized spacial score (nSPS) is 15.5. The fourth-order valence-electron chi connectivity index (χ4n) is 2.80. The predicted octanol–water partition coefficient (Wildman–Crippen LogP) is 2.04. The number of hydrogen-bond acceptors (Lipinski definition) is 4. The summed E-state index contributed by atoms with van der Waals surface area (Å²) in [5, 5.41) is 13.1. The molecule has 1 aromatic rings. The Balaban J connectivity index is 1.91. The lowest BCUT2D eigenvalue weighted by molar-refractivity contribution is -0.140. The van der Waals surface area contributed by atoms with E-state index < -0.39 is 5.97 Å². The van der Waals surface area contributed by atoms with Crippen LogP contribution in [0.1, 0.15) is 31.2 Å². The van der Waals surface area contributed by atoms with E-state index in [0.717, 1.165) is 31.2 Å². The molecule has 1 aliphatic rings. The van der Waals surface area contributed by atoms with Crippen LogP contribution in [-0.4, -0.2) is 53.0 Å². The van der Waals surface area contributed by atoms with Gasteiger partial charge < -0.3 is 10.0 Å². The Morgan fingerprint density at radius 2 is 2.05 bits per heavy atom. The molecule has 1 heterocycles. The summed E-state index contributed by atoms with van der Waals surface area (Å²) in [6.07, 6.45) is 4.24. The molecule has 21 heavy (non-hydrogen) atoms. The number of thiophene rings is 1. The Hall–Kier alpha value is -1.40. The number of carbonyl (C=O) groups excluding carboxylic acids is 1. The maximum atomic E-state index is 12.3. The molecule has 116 valence electrons. The molecule has 1 aliphatic carbocycles. The fraction of sp³-hybridized carbons (Fsp3) is 0.600. The molecule has 1 N–H and O–H groups in total. The van der Waals surface area contributed by atoms with E-state index in [4.69, 9.17) is 5.11 Å². The monoisotopic (exact) mass is 310 g/mol. The minimum absolute atomic E-state index is 0.0191. The first-order valence-electron chi connectivity index (χ1n) is 7.27. The maximum absolute atomic E-state index is 12.3. The zero-order valence-electron chi connectivity index (χ0n) is 12.3. The molecule has 2 rings (SSSR count). The molecule has 6 heteroatoms. The van der Waals surface area contributed by atoms with Crippen molar-refractivity contribution in [3.05, 3.63) is 22.4 Å². The van der Waals surface area contributed by atoms with E-state index in [1.807, 2.05) is 21.7 Å². The molecule has 1 saturated carbocycles. The largest absolute Gasteiger partial charge is 0.480 e. The highest BCUT2D eigenvalue weighted by atomic mass is 32.1. The van der Waals surface area contributed by atoms with Gasteiger partial charge in [0.15, 0.2) is 0 Å². The molecule has 0 atom stereocenters. The topological polar surface area (TPSA) is 60.9 Å². The van der Waals surface area contributed by atoms with Crippen molar-refractivity contribution in [1.82, 2.24) is 9.80 Å². The minimum Gasteiger partial charge on any atom is -0.480 e. The molecular weight excluding hydrogens is 288 g/mol. The summed E-state index contributed by atoms with van der Waals surface area (Å²) in [4.78, 5) is 26.8. The molecule has 0 spiro atoms. The van der Waals surface area contributed by atoms with E-state index in [1.165, 1.54) is 0 Å². The van der Waals surface area contributed by atoms with Crippen molar-refractivity contribution in [2.75, 3.05) is 20.1 Å². The maximum Gasteiger partial charge on any atom is 0.317 e. The second-order valence-corrected chi connectivity index (χ2v) is 6.40. The number of carboxylic acid groups (broad SMARTS) is 1. The number of rotatable bonds is 7. The van der Waals surface area contributed by atoms with Crippen molar-refractivity contribution in [3.63, 3.8) is 0 Å². The predicted molar refractivity (Wildman–Crippen MR) is 82.3 cm³/mol. The van der Waals surface area contributed by atoms with Crippen molar-refractivity contribution in [3.8, 4) is 0 Å². The van der Waals surface area contributed by atoms with Gasteiger partial charge in [0.2, 0.25) is 5.91 Å². The highest BCUT2D eigenvalue weighted by Crippen LogP contribution is 2.23. The van der Waals surface area contributed by atoms with Gasteiger partial charge in [0.05, 0.1) is 13.1 Å². The van der Waals surface area contributed by atoms with Crippen molar-refractivity contribution in [1.29, 1.82) is 0 Å². The third-order valence-electron chi connectivity index (χ3n) is 3.94. The summed E-state index contributed by atoms with van der Waals surface area (Å²) < 4.78 is 0. The summed E-state index contributed by atoms with van der Waals surface area (Å²) >= 11 is 1.61. The number of amides is 1. The zero-order chi connectivity index (χ0) is 15.2. The smallest absolute Gasteiger partial charge is 0.317 e. The van der Waals surface area contributed by atoms with Gasteiger partial charge in [-0.2, -0.15) is 11.3 Å². The number of hydrogen-bond donors (Lipinski definition) is 1. The van der Waals surface area contributed by atoms with Crippen LogP contribution in [0.4, 0.5) is 0 Å². The number of carboxylic acids is 1. The van der Waals surface area contributed by atoms with E-state index in [2.05, 4.69) is 0 Å². The van der Waals surface area contributed by atoms with Gasteiger partial charge in [-0.25, -0.2) is 0 Å². The molecule has 1 fully saturated rings. The molecule has 0 bridgehead atoms. The number of aliphatic carboxylic acids is 1.